The Morgan fingerprint density at radius 2 is 2.23 bits per heavy atom. The normalized spacial score (nSPS) is 13.6. The van der Waals surface area contributed by atoms with Crippen LogP contribution in [-0.4, -0.2) is 58.4 Å². The van der Waals surface area contributed by atoms with E-state index in [0.29, 0.717) is 18.5 Å². The standard InChI is InChI=1S/C20H19F3N4O4/c1-26(11-28)8-6-13(29)4-2-12-3-5-16-15(10-12)27-14(7-9-31-16)17(20(21,22)23)18(25-27)19(24)30/h3,5,10-11,13,29H,6-9H2,1H3,(H2,24,30). The molecular weight excluding hydrogens is 417 g/mol. The van der Waals surface area contributed by atoms with Gasteiger partial charge in [-0.3, -0.25) is 9.59 Å². The van der Waals surface area contributed by atoms with Crippen molar-refractivity contribution in [1.82, 2.24) is 14.7 Å². The van der Waals surface area contributed by atoms with Gasteiger partial charge < -0.3 is 20.5 Å². The third-order valence-corrected chi connectivity index (χ3v) is 4.60. The van der Waals surface area contributed by atoms with E-state index in [2.05, 4.69) is 16.9 Å². The van der Waals surface area contributed by atoms with E-state index in [1.54, 1.807) is 13.1 Å². The van der Waals surface area contributed by atoms with Crippen molar-refractivity contribution in [3.8, 4) is 23.3 Å². The fourth-order valence-corrected chi connectivity index (χ4v) is 3.11. The minimum Gasteiger partial charge on any atom is -0.491 e. The minimum absolute atomic E-state index is 0.0477. The van der Waals surface area contributed by atoms with E-state index in [1.807, 2.05) is 0 Å². The maximum atomic E-state index is 13.6. The number of primary amides is 1. The van der Waals surface area contributed by atoms with Gasteiger partial charge in [0.25, 0.3) is 5.91 Å². The zero-order valence-corrected chi connectivity index (χ0v) is 16.4. The average Bonchev–Trinajstić information content (AvgIpc) is 3.02. The minimum atomic E-state index is -4.82. The van der Waals surface area contributed by atoms with E-state index in [-0.39, 0.29) is 36.6 Å². The molecule has 0 fully saturated rings. The summed E-state index contributed by atoms with van der Waals surface area (Å²) in [6.45, 7) is 0.262. The maximum Gasteiger partial charge on any atom is 0.420 e. The summed E-state index contributed by atoms with van der Waals surface area (Å²) in [6, 6.07) is 4.57. The Bertz CT molecular complexity index is 1070. The molecule has 2 heterocycles. The fourth-order valence-electron chi connectivity index (χ4n) is 3.11. The third kappa shape index (κ3) is 4.80. The monoisotopic (exact) mass is 436 g/mol. The molecule has 3 N–H and O–H groups in total. The van der Waals surface area contributed by atoms with Crippen LogP contribution in [0.2, 0.25) is 0 Å². The van der Waals surface area contributed by atoms with Crippen LogP contribution in [0, 0.1) is 11.8 Å². The molecule has 1 aliphatic heterocycles. The first-order valence-electron chi connectivity index (χ1n) is 9.23. The molecule has 1 atom stereocenters. The highest BCUT2D eigenvalue weighted by Gasteiger charge is 2.42. The molecule has 0 aliphatic carbocycles. The van der Waals surface area contributed by atoms with Crippen LogP contribution in [0.1, 0.15) is 33.7 Å². The Morgan fingerprint density at radius 3 is 2.87 bits per heavy atom. The van der Waals surface area contributed by atoms with Crippen LogP contribution in [0.4, 0.5) is 13.2 Å². The van der Waals surface area contributed by atoms with E-state index in [0.717, 1.165) is 4.68 Å². The number of aliphatic hydroxyl groups is 1. The van der Waals surface area contributed by atoms with Gasteiger partial charge >= 0.3 is 6.18 Å². The van der Waals surface area contributed by atoms with Gasteiger partial charge in [-0.2, -0.15) is 18.3 Å². The summed E-state index contributed by atoms with van der Waals surface area (Å²) < 4.78 is 47.4. The van der Waals surface area contributed by atoms with Crippen LogP contribution in [0.3, 0.4) is 0 Å². The lowest BCUT2D eigenvalue weighted by Gasteiger charge is -2.11. The van der Waals surface area contributed by atoms with Gasteiger partial charge in [0, 0.05) is 32.0 Å². The van der Waals surface area contributed by atoms with Crippen LogP contribution in [0.5, 0.6) is 5.75 Å². The van der Waals surface area contributed by atoms with Gasteiger partial charge in [0.1, 0.15) is 23.1 Å². The number of carbonyl (C=O) groups excluding carboxylic acids is 2. The summed E-state index contributed by atoms with van der Waals surface area (Å²) in [5, 5.41) is 13.8. The molecule has 0 bridgehead atoms. The first-order chi connectivity index (χ1) is 14.6. The molecule has 0 spiro atoms. The van der Waals surface area contributed by atoms with Gasteiger partial charge in [-0.25, -0.2) is 4.68 Å². The van der Waals surface area contributed by atoms with E-state index in [9.17, 15) is 27.9 Å². The van der Waals surface area contributed by atoms with Crippen LogP contribution in [0.25, 0.3) is 5.69 Å². The summed E-state index contributed by atoms with van der Waals surface area (Å²) in [5.74, 6) is 4.35. The Kier molecular flexibility index (Phi) is 6.21. The number of hydrogen-bond acceptors (Lipinski definition) is 5. The number of carbonyl (C=O) groups is 2. The number of halogens is 3. The smallest absolute Gasteiger partial charge is 0.420 e. The first kappa shape index (κ1) is 22.2. The molecule has 1 aliphatic rings. The lowest BCUT2D eigenvalue weighted by Crippen LogP contribution is -2.21. The molecule has 1 aromatic carbocycles. The number of aliphatic hydroxyl groups excluding tert-OH is 1. The molecule has 31 heavy (non-hydrogen) atoms. The quantitative estimate of drug-likeness (QED) is 0.539. The number of nitrogens with two attached hydrogens (primary N) is 1. The summed E-state index contributed by atoms with van der Waals surface area (Å²) in [6.07, 6.45) is -5.09. The molecule has 1 aromatic heterocycles. The topological polar surface area (TPSA) is 111 Å². The fraction of sp³-hybridized carbons (Fsp3) is 0.350. The van der Waals surface area contributed by atoms with Gasteiger partial charge in [-0.15, -0.1) is 0 Å². The lowest BCUT2D eigenvalue weighted by molar-refractivity contribution is -0.138. The van der Waals surface area contributed by atoms with Gasteiger partial charge in [-0.05, 0) is 18.2 Å². The molecule has 2 amide bonds. The number of nitrogens with zero attached hydrogens (tertiary/aromatic N) is 3. The molecule has 0 radical (unpaired) electrons. The summed E-state index contributed by atoms with van der Waals surface area (Å²) in [7, 11) is 1.57. The van der Waals surface area contributed by atoms with Crippen molar-refractivity contribution in [3.05, 3.63) is 40.7 Å². The number of aromatic nitrogens is 2. The highest BCUT2D eigenvalue weighted by molar-refractivity contribution is 5.93. The van der Waals surface area contributed by atoms with Crippen molar-refractivity contribution in [3.63, 3.8) is 0 Å². The molecule has 1 unspecified atom stereocenters. The molecule has 8 nitrogen and oxygen atoms in total. The number of ether oxygens (including phenoxy) is 1. The predicted octanol–water partition coefficient (Wildman–Crippen LogP) is 1.12. The Balaban J connectivity index is 2.00. The Labute approximate surface area is 175 Å². The van der Waals surface area contributed by atoms with Crippen molar-refractivity contribution in [1.29, 1.82) is 0 Å². The van der Waals surface area contributed by atoms with Crippen LogP contribution in [0.15, 0.2) is 18.2 Å². The average molecular weight is 436 g/mol. The van der Waals surface area contributed by atoms with E-state index in [4.69, 9.17) is 10.5 Å². The largest absolute Gasteiger partial charge is 0.491 e. The second-order valence-electron chi connectivity index (χ2n) is 6.88. The maximum absolute atomic E-state index is 13.6. The number of fused-ring (bicyclic) bond motifs is 3. The van der Waals surface area contributed by atoms with Crippen molar-refractivity contribution in [2.24, 2.45) is 5.73 Å². The van der Waals surface area contributed by atoms with Crippen LogP contribution < -0.4 is 10.5 Å². The number of amides is 2. The van der Waals surface area contributed by atoms with E-state index < -0.39 is 29.4 Å². The van der Waals surface area contributed by atoms with Crippen molar-refractivity contribution in [2.45, 2.75) is 25.1 Å². The molecule has 11 heteroatoms. The Hall–Kier alpha value is -3.52. The number of benzene rings is 1. The number of hydrogen-bond donors (Lipinski definition) is 2. The first-order valence-corrected chi connectivity index (χ1v) is 9.23. The van der Waals surface area contributed by atoms with Gasteiger partial charge in [0.15, 0.2) is 5.69 Å². The summed E-state index contributed by atoms with van der Waals surface area (Å²) >= 11 is 0. The van der Waals surface area contributed by atoms with Crippen molar-refractivity contribution in [2.75, 3.05) is 20.2 Å². The summed E-state index contributed by atoms with van der Waals surface area (Å²) in [4.78, 5) is 23.5. The lowest BCUT2D eigenvalue weighted by atomic mass is 10.1. The van der Waals surface area contributed by atoms with E-state index >= 15 is 0 Å². The highest BCUT2D eigenvalue weighted by Crippen LogP contribution is 2.38. The molecule has 0 saturated heterocycles. The SMILES string of the molecule is CN(C=O)CCC(O)C#Cc1ccc2c(c1)-n1nc(C(N)=O)c(C(F)(F)F)c1CCO2. The summed E-state index contributed by atoms with van der Waals surface area (Å²) in [5.41, 5.74) is 3.42. The van der Waals surface area contributed by atoms with Gasteiger partial charge in [0.2, 0.25) is 6.41 Å². The van der Waals surface area contributed by atoms with Crippen molar-refractivity contribution < 1.29 is 32.6 Å². The zero-order chi connectivity index (χ0) is 22.8. The second-order valence-corrected chi connectivity index (χ2v) is 6.88. The number of rotatable bonds is 5. The van der Waals surface area contributed by atoms with Crippen LogP contribution in [-0.2, 0) is 17.4 Å². The van der Waals surface area contributed by atoms with E-state index in [1.165, 1.54) is 17.0 Å². The molecule has 0 saturated carbocycles. The molecule has 2 aromatic rings. The van der Waals surface area contributed by atoms with Crippen molar-refractivity contribution >= 4 is 12.3 Å². The van der Waals surface area contributed by atoms with Gasteiger partial charge in [0.05, 0.1) is 12.3 Å². The molecular formula is C20H19F3N4O4. The molecule has 3 rings (SSSR count). The Morgan fingerprint density at radius 1 is 1.48 bits per heavy atom. The third-order valence-electron chi connectivity index (χ3n) is 4.60. The second kappa shape index (κ2) is 8.69. The molecule has 164 valence electrons. The van der Waals surface area contributed by atoms with Crippen LogP contribution >= 0.6 is 0 Å². The number of alkyl halides is 3. The highest BCUT2D eigenvalue weighted by atomic mass is 19.4. The zero-order valence-electron chi connectivity index (χ0n) is 16.4. The predicted molar refractivity (Wildman–Crippen MR) is 102 cm³/mol. The van der Waals surface area contributed by atoms with Gasteiger partial charge in [-0.1, -0.05) is 11.8 Å².